The quantitative estimate of drug-likeness (QED) is 0.477. The van der Waals surface area contributed by atoms with Crippen molar-refractivity contribution in [2.24, 2.45) is 0 Å². The van der Waals surface area contributed by atoms with Crippen molar-refractivity contribution in [3.05, 3.63) is 59.7 Å². The number of quaternary nitrogens is 1. The lowest BCUT2D eigenvalue weighted by Gasteiger charge is -2.37. The second kappa shape index (κ2) is 6.32. The van der Waals surface area contributed by atoms with Crippen LogP contribution in [0.2, 0.25) is 0 Å². The Morgan fingerprint density at radius 1 is 1.14 bits per heavy atom. The van der Waals surface area contributed by atoms with Gasteiger partial charge in [0, 0.05) is 24.6 Å². The molecular formula is C19H15F3NO5+. The van der Waals surface area contributed by atoms with Gasteiger partial charge in [0.2, 0.25) is 0 Å². The number of fused-ring (bicyclic) bond motifs is 5. The van der Waals surface area contributed by atoms with E-state index in [1.165, 1.54) is 12.1 Å². The van der Waals surface area contributed by atoms with Gasteiger partial charge < -0.3 is 9.84 Å². The Labute approximate surface area is 157 Å². The van der Waals surface area contributed by atoms with Gasteiger partial charge in [0.05, 0.1) is 11.1 Å². The number of carboxylic acid groups (broad SMARTS) is 1. The Kier molecular flexibility index (Phi) is 4.16. The van der Waals surface area contributed by atoms with E-state index in [0.29, 0.717) is 5.69 Å². The minimum absolute atomic E-state index is 0.0339. The molecular weight excluding hydrogens is 379 g/mol. The Bertz CT molecular complexity index is 961. The SMILES string of the molecule is O=C(O)C(=O)OC1CC2O[N+](c3cccc(C(F)(F)F)c3)(C1)c1ccccc12. The number of carboxylic acids is 1. The van der Waals surface area contributed by atoms with E-state index in [1.54, 1.807) is 24.3 Å². The Balaban J connectivity index is 1.80. The summed E-state index contributed by atoms with van der Waals surface area (Å²) in [5.41, 5.74) is 0.807. The van der Waals surface area contributed by atoms with E-state index < -0.39 is 40.5 Å². The molecule has 9 heteroatoms. The van der Waals surface area contributed by atoms with Gasteiger partial charge in [-0.25, -0.2) is 9.59 Å². The molecule has 3 atom stereocenters. The van der Waals surface area contributed by atoms with Crippen LogP contribution in [0.15, 0.2) is 48.5 Å². The van der Waals surface area contributed by atoms with E-state index in [2.05, 4.69) is 0 Å². The molecule has 2 heterocycles. The molecule has 1 N–H and O–H groups in total. The highest BCUT2D eigenvalue weighted by Gasteiger charge is 2.56. The van der Waals surface area contributed by atoms with Crippen molar-refractivity contribution >= 4 is 23.3 Å². The van der Waals surface area contributed by atoms with Crippen LogP contribution in [0.3, 0.4) is 0 Å². The molecule has 3 unspecified atom stereocenters. The van der Waals surface area contributed by atoms with Gasteiger partial charge in [0.25, 0.3) is 0 Å². The van der Waals surface area contributed by atoms with Crippen LogP contribution < -0.4 is 4.65 Å². The molecule has 28 heavy (non-hydrogen) atoms. The Morgan fingerprint density at radius 2 is 1.89 bits per heavy atom. The number of nitrogens with zero attached hydrogens (tertiary/aromatic N) is 1. The van der Waals surface area contributed by atoms with Crippen LogP contribution in [0.5, 0.6) is 0 Å². The maximum absolute atomic E-state index is 13.2. The fourth-order valence-electron chi connectivity index (χ4n) is 3.83. The Morgan fingerprint density at radius 3 is 2.61 bits per heavy atom. The first kappa shape index (κ1) is 18.5. The number of halogens is 3. The number of hydroxylamine groups is 1. The van der Waals surface area contributed by atoms with Crippen LogP contribution in [0, 0.1) is 0 Å². The highest BCUT2D eigenvalue weighted by molar-refractivity contribution is 6.28. The summed E-state index contributed by atoms with van der Waals surface area (Å²) in [6.45, 7) is -0.0339. The molecule has 2 aliphatic rings. The van der Waals surface area contributed by atoms with Gasteiger partial charge >= 0.3 is 18.1 Å². The maximum atomic E-state index is 13.2. The number of alkyl halides is 3. The molecule has 1 fully saturated rings. The summed E-state index contributed by atoms with van der Waals surface area (Å²) in [6.07, 6.45) is -5.68. The van der Waals surface area contributed by atoms with Gasteiger partial charge in [0.1, 0.15) is 0 Å². The van der Waals surface area contributed by atoms with Crippen molar-refractivity contribution in [2.75, 3.05) is 6.54 Å². The molecule has 146 valence electrons. The summed E-state index contributed by atoms with van der Waals surface area (Å²) >= 11 is 0. The molecule has 2 bridgehead atoms. The smallest absolute Gasteiger partial charge is 0.417 e. The van der Waals surface area contributed by atoms with Crippen LogP contribution >= 0.6 is 0 Å². The summed E-state index contributed by atoms with van der Waals surface area (Å²) in [4.78, 5) is 28.5. The zero-order chi connectivity index (χ0) is 20.1. The van der Waals surface area contributed by atoms with Crippen molar-refractivity contribution < 1.29 is 37.4 Å². The van der Waals surface area contributed by atoms with Crippen molar-refractivity contribution in [1.82, 2.24) is 4.65 Å². The van der Waals surface area contributed by atoms with E-state index >= 15 is 0 Å². The number of hydrogen-bond donors (Lipinski definition) is 1. The van der Waals surface area contributed by atoms with Gasteiger partial charge in [-0.1, -0.05) is 24.3 Å². The summed E-state index contributed by atoms with van der Waals surface area (Å²) < 4.78 is 44.3. The molecule has 2 aliphatic heterocycles. The first-order valence-corrected chi connectivity index (χ1v) is 8.48. The van der Waals surface area contributed by atoms with Crippen LogP contribution in [0.25, 0.3) is 0 Å². The number of rotatable bonds is 2. The molecule has 2 aromatic carbocycles. The summed E-state index contributed by atoms with van der Waals surface area (Å²) in [6, 6.07) is 11.8. The van der Waals surface area contributed by atoms with Crippen LogP contribution in [0.1, 0.15) is 23.7 Å². The van der Waals surface area contributed by atoms with Gasteiger partial charge in [-0.2, -0.15) is 18.0 Å². The lowest BCUT2D eigenvalue weighted by atomic mass is 10.0. The number of hydrogen-bond acceptors (Lipinski definition) is 4. The van der Waals surface area contributed by atoms with Gasteiger partial charge in [0.15, 0.2) is 30.1 Å². The van der Waals surface area contributed by atoms with Crippen molar-refractivity contribution in [3.63, 3.8) is 0 Å². The van der Waals surface area contributed by atoms with E-state index in [0.717, 1.165) is 17.7 Å². The number of para-hydroxylation sites is 1. The zero-order valence-electron chi connectivity index (χ0n) is 14.3. The molecule has 6 nitrogen and oxygen atoms in total. The minimum Gasteiger partial charge on any atom is -0.473 e. The predicted octanol–water partition coefficient (Wildman–Crippen LogP) is 3.73. The monoisotopic (exact) mass is 394 g/mol. The first-order chi connectivity index (χ1) is 13.2. The number of carbonyl (C=O) groups excluding carboxylic acids is 1. The summed E-state index contributed by atoms with van der Waals surface area (Å²) in [5, 5.41) is 8.80. The van der Waals surface area contributed by atoms with Crippen molar-refractivity contribution in [2.45, 2.75) is 24.8 Å². The molecule has 1 saturated heterocycles. The molecule has 0 aromatic heterocycles. The van der Waals surface area contributed by atoms with E-state index in [4.69, 9.17) is 14.7 Å². The fourth-order valence-corrected chi connectivity index (χ4v) is 3.83. The second-order valence-electron chi connectivity index (χ2n) is 6.69. The van der Waals surface area contributed by atoms with E-state index in [-0.39, 0.29) is 18.7 Å². The summed E-state index contributed by atoms with van der Waals surface area (Å²) in [5.74, 6) is -3.13. The standard InChI is InChI=1S/C19H14F3NO5/c20-19(21,22)11-4-3-5-12(8-11)23-10-13(27-18(26)17(24)25)9-16(28-23)14-6-1-2-7-15(14)23/h1-8,13,16H,9-10H2/p+1. The lowest BCUT2D eigenvalue weighted by molar-refractivity contribution is -0.201. The molecule has 0 amide bonds. The number of benzene rings is 2. The van der Waals surface area contributed by atoms with Crippen LogP contribution in [-0.2, 0) is 25.3 Å². The summed E-state index contributed by atoms with van der Waals surface area (Å²) in [7, 11) is 0. The van der Waals surface area contributed by atoms with E-state index in [1.807, 2.05) is 0 Å². The van der Waals surface area contributed by atoms with Crippen LogP contribution in [0.4, 0.5) is 24.5 Å². The molecule has 0 radical (unpaired) electrons. The number of ether oxygens (including phenoxy) is 1. The molecule has 0 spiro atoms. The van der Waals surface area contributed by atoms with Crippen molar-refractivity contribution in [1.29, 1.82) is 0 Å². The fraction of sp³-hybridized carbons (Fsp3) is 0.263. The average molecular weight is 394 g/mol. The minimum atomic E-state index is -4.53. The highest BCUT2D eigenvalue weighted by atomic mass is 19.4. The number of carbonyl (C=O) groups is 2. The largest absolute Gasteiger partial charge is 0.473 e. The van der Waals surface area contributed by atoms with Gasteiger partial charge in [-0.15, -0.1) is 4.65 Å². The third-order valence-corrected chi connectivity index (χ3v) is 4.96. The second-order valence-corrected chi connectivity index (χ2v) is 6.69. The van der Waals surface area contributed by atoms with Crippen LogP contribution in [-0.4, -0.2) is 29.7 Å². The lowest BCUT2D eigenvalue weighted by Crippen LogP contribution is -2.51. The molecule has 4 rings (SSSR count). The topological polar surface area (TPSA) is 72.8 Å². The predicted molar refractivity (Wildman–Crippen MR) is 90.2 cm³/mol. The van der Waals surface area contributed by atoms with E-state index in [9.17, 15) is 22.8 Å². The zero-order valence-corrected chi connectivity index (χ0v) is 14.3. The van der Waals surface area contributed by atoms with Gasteiger partial charge in [-0.05, 0) is 6.07 Å². The third kappa shape index (κ3) is 2.92. The molecule has 2 aromatic rings. The number of aliphatic carboxylic acids is 1. The first-order valence-electron chi connectivity index (χ1n) is 8.48. The Hall–Kier alpha value is -2.91. The van der Waals surface area contributed by atoms with Crippen molar-refractivity contribution in [3.8, 4) is 0 Å². The maximum Gasteiger partial charge on any atom is 0.417 e. The average Bonchev–Trinajstić information content (AvgIpc) is 2.90. The normalized spacial score (nSPS) is 25.8. The third-order valence-electron chi connectivity index (χ3n) is 4.96. The molecule has 0 aliphatic carbocycles. The highest BCUT2D eigenvalue weighted by Crippen LogP contribution is 2.54. The van der Waals surface area contributed by atoms with Gasteiger partial charge in [-0.3, -0.25) is 0 Å². The molecule has 0 saturated carbocycles. The number of esters is 1.